The van der Waals surface area contributed by atoms with Crippen LogP contribution in [0.1, 0.15) is 26.7 Å². The van der Waals surface area contributed by atoms with Gasteiger partial charge in [0.25, 0.3) is 0 Å². The number of rotatable bonds is 5. The maximum absolute atomic E-state index is 5.66. The number of likely N-dealkylation sites (tertiary alicyclic amines) is 1. The summed E-state index contributed by atoms with van der Waals surface area (Å²) in [5, 5.41) is 0. The van der Waals surface area contributed by atoms with E-state index < -0.39 is 0 Å². The van der Waals surface area contributed by atoms with Crippen LogP contribution >= 0.6 is 0 Å². The zero-order valence-corrected chi connectivity index (χ0v) is 9.54. The average Bonchev–Trinajstić information content (AvgIpc) is 2.26. The topological polar surface area (TPSA) is 38.5 Å². The first-order valence-electron chi connectivity index (χ1n) is 5.79. The van der Waals surface area contributed by atoms with Crippen molar-refractivity contribution >= 4 is 0 Å². The number of hydrogen-bond donors (Lipinski definition) is 1. The van der Waals surface area contributed by atoms with Crippen LogP contribution in [0.5, 0.6) is 0 Å². The fourth-order valence-corrected chi connectivity index (χ4v) is 2.02. The van der Waals surface area contributed by atoms with Gasteiger partial charge in [0.05, 0.1) is 6.61 Å². The van der Waals surface area contributed by atoms with Crippen LogP contribution < -0.4 is 5.73 Å². The van der Waals surface area contributed by atoms with E-state index in [2.05, 4.69) is 11.8 Å². The predicted octanol–water partition coefficient (Wildman–Crippen LogP) is 1.08. The van der Waals surface area contributed by atoms with Gasteiger partial charge in [0.15, 0.2) is 0 Å². The minimum absolute atomic E-state index is 0.564. The third-order valence-corrected chi connectivity index (χ3v) is 3.17. The van der Waals surface area contributed by atoms with Crippen molar-refractivity contribution in [3.63, 3.8) is 0 Å². The highest BCUT2D eigenvalue weighted by atomic mass is 16.5. The minimum atomic E-state index is 0.564. The van der Waals surface area contributed by atoms with Gasteiger partial charge in [-0.3, -0.25) is 4.90 Å². The molecule has 3 heteroatoms. The quantitative estimate of drug-likeness (QED) is 0.722. The molecule has 1 atom stereocenters. The van der Waals surface area contributed by atoms with Gasteiger partial charge in [-0.2, -0.15) is 0 Å². The third-order valence-electron chi connectivity index (χ3n) is 3.17. The van der Waals surface area contributed by atoms with Crippen molar-refractivity contribution in [3.05, 3.63) is 0 Å². The summed E-state index contributed by atoms with van der Waals surface area (Å²) in [6, 6.07) is 0.564. The lowest BCUT2D eigenvalue weighted by atomic mass is 9.96. The number of nitrogens with two attached hydrogens (primary N) is 1. The second-order valence-corrected chi connectivity index (χ2v) is 4.22. The molecule has 1 rings (SSSR count). The lowest BCUT2D eigenvalue weighted by Gasteiger charge is -2.35. The largest absolute Gasteiger partial charge is 0.380 e. The van der Waals surface area contributed by atoms with Crippen LogP contribution in [-0.4, -0.2) is 43.8 Å². The summed E-state index contributed by atoms with van der Waals surface area (Å²) in [7, 11) is 0. The van der Waals surface area contributed by atoms with Gasteiger partial charge in [-0.15, -0.1) is 0 Å². The van der Waals surface area contributed by atoms with E-state index in [1.807, 2.05) is 6.92 Å². The van der Waals surface area contributed by atoms with Crippen molar-refractivity contribution in [2.24, 2.45) is 11.7 Å². The second kappa shape index (κ2) is 6.38. The smallest absolute Gasteiger partial charge is 0.0618 e. The predicted molar refractivity (Wildman–Crippen MR) is 59.3 cm³/mol. The fraction of sp³-hybridized carbons (Fsp3) is 1.00. The highest BCUT2D eigenvalue weighted by Gasteiger charge is 2.21. The van der Waals surface area contributed by atoms with Gasteiger partial charge in [-0.05, 0) is 52.2 Å². The number of ether oxygens (including phenoxy) is 1. The van der Waals surface area contributed by atoms with Crippen molar-refractivity contribution in [2.45, 2.75) is 32.7 Å². The van der Waals surface area contributed by atoms with Crippen molar-refractivity contribution in [3.8, 4) is 0 Å². The molecule has 84 valence electrons. The Hall–Kier alpha value is -0.120. The van der Waals surface area contributed by atoms with Crippen molar-refractivity contribution < 1.29 is 4.74 Å². The van der Waals surface area contributed by atoms with Crippen LogP contribution in [0.4, 0.5) is 0 Å². The number of hydrogen-bond acceptors (Lipinski definition) is 3. The molecule has 1 unspecified atom stereocenters. The first-order valence-corrected chi connectivity index (χ1v) is 5.79. The zero-order chi connectivity index (χ0) is 10.4. The SMILES string of the molecule is CCOCC(C)N1CCC(CN)CC1. The van der Waals surface area contributed by atoms with E-state index in [1.165, 1.54) is 25.9 Å². The zero-order valence-electron chi connectivity index (χ0n) is 9.54. The molecule has 0 bridgehead atoms. The molecule has 0 aromatic rings. The van der Waals surface area contributed by atoms with Gasteiger partial charge < -0.3 is 10.5 Å². The molecule has 0 spiro atoms. The fourth-order valence-electron chi connectivity index (χ4n) is 2.02. The Bertz CT molecular complexity index is 144. The average molecular weight is 200 g/mol. The summed E-state index contributed by atoms with van der Waals surface area (Å²) in [6.07, 6.45) is 2.51. The lowest BCUT2D eigenvalue weighted by molar-refractivity contribution is 0.0555. The summed E-state index contributed by atoms with van der Waals surface area (Å²) < 4.78 is 5.44. The van der Waals surface area contributed by atoms with Crippen LogP contribution in [0.3, 0.4) is 0 Å². The Kier molecular flexibility index (Phi) is 5.45. The Morgan fingerprint density at radius 2 is 2.07 bits per heavy atom. The van der Waals surface area contributed by atoms with E-state index >= 15 is 0 Å². The molecule has 0 saturated carbocycles. The Balaban J connectivity index is 2.19. The van der Waals surface area contributed by atoms with Gasteiger partial charge in [0.2, 0.25) is 0 Å². The lowest BCUT2D eigenvalue weighted by Crippen LogP contribution is -2.43. The molecule has 0 radical (unpaired) electrons. The molecule has 0 amide bonds. The molecule has 2 N–H and O–H groups in total. The highest BCUT2D eigenvalue weighted by Crippen LogP contribution is 2.17. The van der Waals surface area contributed by atoms with Gasteiger partial charge in [0, 0.05) is 12.6 Å². The number of nitrogens with zero attached hydrogens (tertiary/aromatic N) is 1. The van der Waals surface area contributed by atoms with E-state index in [1.54, 1.807) is 0 Å². The summed E-state index contributed by atoms with van der Waals surface area (Å²) >= 11 is 0. The summed E-state index contributed by atoms with van der Waals surface area (Å²) in [5.74, 6) is 0.755. The summed E-state index contributed by atoms with van der Waals surface area (Å²) in [4.78, 5) is 2.52. The molecule has 0 aromatic heterocycles. The Morgan fingerprint density at radius 1 is 1.43 bits per heavy atom. The van der Waals surface area contributed by atoms with Gasteiger partial charge in [-0.1, -0.05) is 0 Å². The van der Waals surface area contributed by atoms with Gasteiger partial charge in [0.1, 0.15) is 0 Å². The molecule has 0 aromatic carbocycles. The molecule has 1 aliphatic rings. The first-order chi connectivity index (χ1) is 6.77. The molecule has 1 saturated heterocycles. The standard InChI is InChI=1S/C11H24N2O/c1-3-14-9-10(2)13-6-4-11(8-12)5-7-13/h10-11H,3-9,12H2,1-2H3. The van der Waals surface area contributed by atoms with E-state index in [0.29, 0.717) is 6.04 Å². The molecular formula is C11H24N2O. The first kappa shape index (κ1) is 12.0. The normalized spacial score (nSPS) is 22.5. The molecule has 1 aliphatic heterocycles. The van der Waals surface area contributed by atoms with Gasteiger partial charge >= 0.3 is 0 Å². The Labute approximate surface area is 87.6 Å². The van der Waals surface area contributed by atoms with Crippen LogP contribution in [0.2, 0.25) is 0 Å². The second-order valence-electron chi connectivity index (χ2n) is 4.22. The van der Waals surface area contributed by atoms with Crippen LogP contribution in [0, 0.1) is 5.92 Å². The van der Waals surface area contributed by atoms with E-state index in [-0.39, 0.29) is 0 Å². The van der Waals surface area contributed by atoms with Crippen LogP contribution in [0.15, 0.2) is 0 Å². The minimum Gasteiger partial charge on any atom is -0.380 e. The van der Waals surface area contributed by atoms with E-state index in [9.17, 15) is 0 Å². The monoisotopic (exact) mass is 200 g/mol. The van der Waals surface area contributed by atoms with Crippen molar-refractivity contribution in [1.29, 1.82) is 0 Å². The van der Waals surface area contributed by atoms with Crippen molar-refractivity contribution in [2.75, 3.05) is 32.8 Å². The molecule has 1 heterocycles. The van der Waals surface area contributed by atoms with Crippen molar-refractivity contribution in [1.82, 2.24) is 4.90 Å². The molecular weight excluding hydrogens is 176 g/mol. The third kappa shape index (κ3) is 3.56. The molecule has 3 nitrogen and oxygen atoms in total. The Morgan fingerprint density at radius 3 is 2.57 bits per heavy atom. The van der Waals surface area contributed by atoms with E-state index in [0.717, 1.165) is 25.7 Å². The molecule has 1 fully saturated rings. The summed E-state index contributed by atoms with van der Waals surface area (Å²) in [6.45, 7) is 9.22. The highest BCUT2D eigenvalue weighted by molar-refractivity contribution is 4.76. The molecule has 14 heavy (non-hydrogen) atoms. The van der Waals surface area contributed by atoms with E-state index in [4.69, 9.17) is 10.5 Å². The molecule has 0 aliphatic carbocycles. The van der Waals surface area contributed by atoms with Crippen LogP contribution in [0.25, 0.3) is 0 Å². The van der Waals surface area contributed by atoms with Gasteiger partial charge in [-0.25, -0.2) is 0 Å². The maximum atomic E-state index is 5.66. The number of piperidine rings is 1. The summed E-state index contributed by atoms with van der Waals surface area (Å²) in [5.41, 5.74) is 5.66. The van der Waals surface area contributed by atoms with Crippen LogP contribution in [-0.2, 0) is 4.74 Å². The maximum Gasteiger partial charge on any atom is 0.0618 e.